The van der Waals surface area contributed by atoms with Gasteiger partial charge in [0.05, 0.1) is 6.42 Å². The maximum atomic E-state index is 14.0. The Morgan fingerprint density at radius 1 is 0.756 bits per heavy atom. The SMILES string of the molecule is Cc1ccccc1CCN(CCC(=O)O)C(=O)c1ccccc1-c1ccccc1C(=O)N1CCc2ccccc2C1. The summed E-state index contributed by atoms with van der Waals surface area (Å²) in [6.07, 6.45) is 1.28. The molecule has 4 aromatic carbocycles. The second-order valence-electron chi connectivity index (χ2n) is 10.4. The number of nitrogens with zero attached hydrogens (tertiary/aromatic N) is 2. The first-order chi connectivity index (χ1) is 19.9. The molecule has 0 unspecified atom stereocenters. The quantitative estimate of drug-likeness (QED) is 0.279. The molecule has 0 bridgehead atoms. The first-order valence-corrected chi connectivity index (χ1v) is 14.0. The van der Waals surface area contributed by atoms with Gasteiger partial charge in [-0.05, 0) is 65.3 Å². The molecule has 5 rings (SSSR count). The normalized spacial score (nSPS) is 12.5. The van der Waals surface area contributed by atoms with E-state index in [1.54, 1.807) is 17.0 Å². The number of fused-ring (bicyclic) bond motifs is 1. The molecule has 0 radical (unpaired) electrons. The lowest BCUT2D eigenvalue weighted by molar-refractivity contribution is -0.137. The van der Waals surface area contributed by atoms with Gasteiger partial charge in [-0.15, -0.1) is 0 Å². The minimum absolute atomic E-state index is 0.0698. The number of carboxylic acids is 1. The van der Waals surface area contributed by atoms with Crippen LogP contribution in [0.25, 0.3) is 11.1 Å². The zero-order valence-electron chi connectivity index (χ0n) is 23.3. The van der Waals surface area contributed by atoms with Crippen molar-refractivity contribution in [3.63, 3.8) is 0 Å². The van der Waals surface area contributed by atoms with Crippen molar-refractivity contribution in [1.82, 2.24) is 9.80 Å². The molecule has 1 heterocycles. The third-order valence-corrected chi connectivity index (χ3v) is 7.82. The molecule has 6 heteroatoms. The Kier molecular flexibility index (Phi) is 8.59. The Balaban J connectivity index is 1.45. The Hall–Kier alpha value is -4.71. The molecular weight excluding hydrogens is 512 g/mol. The van der Waals surface area contributed by atoms with Crippen LogP contribution in [0.3, 0.4) is 0 Å². The van der Waals surface area contributed by atoms with E-state index in [-0.39, 0.29) is 24.8 Å². The van der Waals surface area contributed by atoms with Crippen molar-refractivity contribution in [2.45, 2.75) is 32.7 Å². The molecule has 4 aromatic rings. The van der Waals surface area contributed by atoms with Gasteiger partial charge in [0.25, 0.3) is 11.8 Å². The van der Waals surface area contributed by atoms with E-state index in [1.165, 1.54) is 5.56 Å². The van der Waals surface area contributed by atoms with Crippen LogP contribution < -0.4 is 0 Å². The van der Waals surface area contributed by atoms with Crippen LogP contribution in [0.4, 0.5) is 0 Å². The number of carbonyl (C=O) groups is 3. The van der Waals surface area contributed by atoms with Crippen LogP contribution in [0.1, 0.15) is 49.4 Å². The highest BCUT2D eigenvalue weighted by atomic mass is 16.4. The Morgan fingerprint density at radius 3 is 2.10 bits per heavy atom. The molecule has 1 N–H and O–H groups in total. The van der Waals surface area contributed by atoms with E-state index < -0.39 is 5.97 Å². The lowest BCUT2D eigenvalue weighted by atomic mass is 9.93. The third-order valence-electron chi connectivity index (χ3n) is 7.82. The van der Waals surface area contributed by atoms with E-state index in [4.69, 9.17) is 0 Å². The minimum Gasteiger partial charge on any atom is -0.481 e. The summed E-state index contributed by atoms with van der Waals surface area (Å²) in [5.41, 5.74) is 7.03. The van der Waals surface area contributed by atoms with Crippen molar-refractivity contribution in [3.05, 3.63) is 130 Å². The summed E-state index contributed by atoms with van der Waals surface area (Å²) in [5.74, 6) is -1.27. The maximum Gasteiger partial charge on any atom is 0.305 e. The molecule has 41 heavy (non-hydrogen) atoms. The van der Waals surface area contributed by atoms with Gasteiger partial charge in [-0.2, -0.15) is 0 Å². The number of aryl methyl sites for hydroxylation is 1. The van der Waals surface area contributed by atoms with E-state index in [9.17, 15) is 19.5 Å². The second kappa shape index (κ2) is 12.6. The van der Waals surface area contributed by atoms with E-state index in [0.29, 0.717) is 48.3 Å². The average Bonchev–Trinajstić information content (AvgIpc) is 3.01. The van der Waals surface area contributed by atoms with Crippen molar-refractivity contribution in [1.29, 1.82) is 0 Å². The molecule has 1 aliphatic rings. The van der Waals surface area contributed by atoms with Gasteiger partial charge in [-0.3, -0.25) is 14.4 Å². The van der Waals surface area contributed by atoms with Crippen molar-refractivity contribution in [2.24, 2.45) is 0 Å². The summed E-state index contributed by atoms with van der Waals surface area (Å²) in [6.45, 7) is 3.70. The highest BCUT2D eigenvalue weighted by molar-refractivity contribution is 6.06. The highest BCUT2D eigenvalue weighted by Gasteiger charge is 2.26. The molecule has 0 atom stereocenters. The highest BCUT2D eigenvalue weighted by Crippen LogP contribution is 2.30. The number of amides is 2. The van der Waals surface area contributed by atoms with E-state index >= 15 is 0 Å². The number of hydrogen-bond acceptors (Lipinski definition) is 3. The number of carboxylic acid groups (broad SMARTS) is 1. The van der Waals surface area contributed by atoms with Crippen LogP contribution in [0.15, 0.2) is 97.1 Å². The zero-order chi connectivity index (χ0) is 28.8. The predicted octanol–water partition coefficient (Wildman–Crippen LogP) is 6.02. The summed E-state index contributed by atoms with van der Waals surface area (Å²) < 4.78 is 0. The van der Waals surface area contributed by atoms with E-state index in [1.807, 2.05) is 84.6 Å². The number of carbonyl (C=O) groups excluding carboxylic acids is 2. The molecule has 2 amide bonds. The number of aliphatic carboxylic acids is 1. The van der Waals surface area contributed by atoms with Crippen molar-refractivity contribution in [3.8, 4) is 11.1 Å². The van der Waals surface area contributed by atoms with Gasteiger partial charge in [-0.1, -0.05) is 84.9 Å². The Bertz CT molecular complexity index is 1580. The first-order valence-electron chi connectivity index (χ1n) is 14.0. The smallest absolute Gasteiger partial charge is 0.305 e. The molecule has 208 valence electrons. The fourth-order valence-corrected chi connectivity index (χ4v) is 5.51. The number of hydrogen-bond donors (Lipinski definition) is 1. The molecule has 1 aliphatic heterocycles. The lowest BCUT2D eigenvalue weighted by Gasteiger charge is -2.30. The summed E-state index contributed by atoms with van der Waals surface area (Å²) in [6, 6.07) is 30.9. The van der Waals surface area contributed by atoms with Gasteiger partial charge < -0.3 is 14.9 Å². The summed E-state index contributed by atoms with van der Waals surface area (Å²) in [7, 11) is 0. The molecule has 0 saturated heterocycles. The molecule has 0 saturated carbocycles. The Labute approximate surface area is 240 Å². The van der Waals surface area contributed by atoms with E-state index in [0.717, 1.165) is 23.1 Å². The average molecular weight is 547 g/mol. The third kappa shape index (κ3) is 6.38. The van der Waals surface area contributed by atoms with Gasteiger partial charge in [0.2, 0.25) is 0 Å². The van der Waals surface area contributed by atoms with Gasteiger partial charge in [0.1, 0.15) is 0 Å². The van der Waals surface area contributed by atoms with Crippen LogP contribution in [0, 0.1) is 6.92 Å². The van der Waals surface area contributed by atoms with Crippen molar-refractivity contribution >= 4 is 17.8 Å². The van der Waals surface area contributed by atoms with Crippen LogP contribution in [-0.4, -0.2) is 52.3 Å². The zero-order valence-corrected chi connectivity index (χ0v) is 23.3. The summed E-state index contributed by atoms with van der Waals surface area (Å²) in [4.78, 5) is 42.8. The molecule has 0 fully saturated rings. The van der Waals surface area contributed by atoms with Gasteiger partial charge in [0.15, 0.2) is 0 Å². The number of rotatable bonds is 9. The van der Waals surface area contributed by atoms with E-state index in [2.05, 4.69) is 12.1 Å². The van der Waals surface area contributed by atoms with Crippen molar-refractivity contribution < 1.29 is 19.5 Å². The maximum absolute atomic E-state index is 14.0. The van der Waals surface area contributed by atoms with Crippen LogP contribution in [0.2, 0.25) is 0 Å². The molecular formula is C35H34N2O4. The molecule has 6 nitrogen and oxygen atoms in total. The fraction of sp³-hybridized carbons (Fsp3) is 0.229. The number of benzene rings is 4. The molecule has 0 aromatic heterocycles. The standard InChI is InChI=1S/C35H34N2O4/c1-25-10-2-3-11-26(25)18-21-36(23-20-33(38)39)34(40)31-16-8-6-14-29(31)30-15-7-9-17-32(30)35(41)37-22-19-27-12-4-5-13-28(27)24-37/h2-17H,18-24H2,1H3,(H,38,39). The van der Waals surface area contributed by atoms with Crippen LogP contribution in [0.5, 0.6) is 0 Å². The van der Waals surface area contributed by atoms with Gasteiger partial charge >= 0.3 is 5.97 Å². The monoisotopic (exact) mass is 546 g/mol. The lowest BCUT2D eigenvalue weighted by Crippen LogP contribution is -2.36. The summed E-state index contributed by atoms with van der Waals surface area (Å²) >= 11 is 0. The Morgan fingerprint density at radius 2 is 1.37 bits per heavy atom. The fourth-order valence-electron chi connectivity index (χ4n) is 5.51. The van der Waals surface area contributed by atoms with Crippen LogP contribution >= 0.6 is 0 Å². The van der Waals surface area contributed by atoms with Crippen molar-refractivity contribution in [2.75, 3.05) is 19.6 Å². The van der Waals surface area contributed by atoms with Crippen LogP contribution in [-0.2, 0) is 24.2 Å². The largest absolute Gasteiger partial charge is 0.481 e. The summed E-state index contributed by atoms with van der Waals surface area (Å²) in [5, 5.41) is 9.38. The second-order valence-corrected chi connectivity index (χ2v) is 10.4. The minimum atomic E-state index is -0.953. The first kappa shape index (κ1) is 27.8. The van der Waals surface area contributed by atoms with Gasteiger partial charge in [-0.25, -0.2) is 0 Å². The predicted molar refractivity (Wildman–Crippen MR) is 160 cm³/mol. The van der Waals surface area contributed by atoms with Gasteiger partial charge in [0, 0.05) is 37.3 Å². The topological polar surface area (TPSA) is 77.9 Å². The molecule has 0 aliphatic carbocycles. The molecule has 0 spiro atoms.